The van der Waals surface area contributed by atoms with Gasteiger partial charge in [-0.25, -0.2) is 4.79 Å². The lowest BCUT2D eigenvalue weighted by molar-refractivity contribution is -0.137. The number of carbonyl (C=O) groups is 2. The van der Waals surface area contributed by atoms with Gasteiger partial charge in [0.25, 0.3) is 0 Å². The van der Waals surface area contributed by atoms with Gasteiger partial charge in [-0.05, 0) is 24.1 Å². The van der Waals surface area contributed by atoms with Gasteiger partial charge < -0.3 is 16.4 Å². The van der Waals surface area contributed by atoms with Gasteiger partial charge in [0.15, 0.2) is 0 Å². The van der Waals surface area contributed by atoms with Crippen molar-refractivity contribution in [2.75, 3.05) is 5.32 Å². The maximum Gasteiger partial charge on any atom is 0.417 e. The fourth-order valence-corrected chi connectivity index (χ4v) is 2.12. The summed E-state index contributed by atoms with van der Waals surface area (Å²) in [6.07, 6.45) is -4.08. The molecular formula is C14H17ClF3N3O2. The van der Waals surface area contributed by atoms with E-state index < -0.39 is 34.7 Å². The molecule has 5 nitrogen and oxygen atoms in total. The Morgan fingerprint density at radius 2 is 1.96 bits per heavy atom. The van der Waals surface area contributed by atoms with Crippen molar-refractivity contribution < 1.29 is 22.8 Å². The van der Waals surface area contributed by atoms with Crippen LogP contribution in [0.15, 0.2) is 18.2 Å². The minimum atomic E-state index is -4.64. The van der Waals surface area contributed by atoms with E-state index in [4.69, 9.17) is 17.3 Å². The number of anilines is 1. The Hall–Kier alpha value is -1.96. The highest BCUT2D eigenvalue weighted by atomic mass is 35.5. The fourth-order valence-electron chi connectivity index (χ4n) is 1.90. The van der Waals surface area contributed by atoms with Crippen LogP contribution in [0.4, 0.5) is 23.7 Å². The zero-order valence-electron chi connectivity index (χ0n) is 12.5. The van der Waals surface area contributed by atoms with E-state index in [1.165, 1.54) is 6.07 Å². The van der Waals surface area contributed by atoms with Gasteiger partial charge in [-0.2, -0.15) is 13.2 Å². The van der Waals surface area contributed by atoms with Crippen molar-refractivity contribution in [2.45, 2.75) is 32.5 Å². The van der Waals surface area contributed by atoms with Crippen LogP contribution in [0.2, 0.25) is 5.02 Å². The molecule has 0 unspecified atom stereocenters. The minimum Gasteiger partial charge on any atom is -0.352 e. The first-order valence-electron chi connectivity index (χ1n) is 6.79. The molecule has 1 aromatic rings. The molecule has 0 aliphatic rings. The molecule has 0 saturated carbocycles. The lowest BCUT2D eigenvalue weighted by Crippen LogP contribution is -2.49. The van der Waals surface area contributed by atoms with Crippen LogP contribution in [0.25, 0.3) is 0 Å². The van der Waals surface area contributed by atoms with Crippen LogP contribution in [0.5, 0.6) is 0 Å². The average molecular weight is 352 g/mol. The molecule has 1 rings (SSSR count). The summed E-state index contributed by atoms with van der Waals surface area (Å²) in [4.78, 5) is 23.2. The first-order chi connectivity index (χ1) is 10.6. The summed E-state index contributed by atoms with van der Waals surface area (Å²) in [5.41, 5.74) is 3.89. The smallest absolute Gasteiger partial charge is 0.352 e. The molecule has 0 radical (unpaired) electrons. The quantitative estimate of drug-likeness (QED) is 0.759. The van der Waals surface area contributed by atoms with E-state index in [0.717, 1.165) is 12.1 Å². The predicted molar refractivity (Wildman–Crippen MR) is 81.0 cm³/mol. The van der Waals surface area contributed by atoms with E-state index in [9.17, 15) is 22.8 Å². The van der Waals surface area contributed by atoms with E-state index in [0.29, 0.717) is 6.42 Å². The number of urea groups is 1. The molecule has 0 heterocycles. The summed E-state index contributed by atoms with van der Waals surface area (Å²) in [6, 6.07) is 1.17. The molecule has 2 atom stereocenters. The second-order valence-corrected chi connectivity index (χ2v) is 5.46. The van der Waals surface area contributed by atoms with Gasteiger partial charge in [0.1, 0.15) is 6.04 Å². The molecule has 0 aliphatic carbocycles. The highest BCUT2D eigenvalue weighted by Gasteiger charge is 2.34. The number of carbonyl (C=O) groups excluding carboxylic acids is 2. The fraction of sp³-hybridized carbons (Fsp3) is 0.429. The summed E-state index contributed by atoms with van der Waals surface area (Å²) >= 11 is 5.52. The van der Waals surface area contributed by atoms with Crippen LogP contribution >= 0.6 is 11.6 Å². The molecule has 3 amide bonds. The second-order valence-electron chi connectivity index (χ2n) is 5.05. The first kappa shape index (κ1) is 19.1. The Kier molecular flexibility index (Phi) is 6.26. The van der Waals surface area contributed by atoms with Gasteiger partial charge in [0.05, 0.1) is 10.6 Å². The van der Waals surface area contributed by atoms with Gasteiger partial charge in [-0.3, -0.25) is 4.79 Å². The topological polar surface area (TPSA) is 84.2 Å². The molecule has 0 saturated heterocycles. The number of benzene rings is 1. The zero-order valence-corrected chi connectivity index (χ0v) is 13.3. The number of nitrogens with two attached hydrogens (primary N) is 1. The lowest BCUT2D eigenvalue weighted by Gasteiger charge is -2.22. The van der Waals surface area contributed by atoms with Crippen molar-refractivity contribution >= 4 is 29.2 Å². The maximum absolute atomic E-state index is 12.8. The molecule has 0 spiro atoms. The van der Waals surface area contributed by atoms with Crippen LogP contribution in [0.1, 0.15) is 25.8 Å². The van der Waals surface area contributed by atoms with Crippen molar-refractivity contribution in [1.29, 1.82) is 0 Å². The van der Waals surface area contributed by atoms with E-state index in [1.807, 2.05) is 0 Å². The number of amides is 3. The van der Waals surface area contributed by atoms with Crippen LogP contribution in [-0.4, -0.2) is 18.0 Å². The molecule has 1 aromatic carbocycles. The largest absolute Gasteiger partial charge is 0.417 e. The molecule has 0 aliphatic heterocycles. The highest BCUT2D eigenvalue weighted by Crippen LogP contribution is 2.36. The van der Waals surface area contributed by atoms with Crippen molar-refractivity contribution in [1.82, 2.24) is 5.32 Å². The number of hydrogen-bond acceptors (Lipinski definition) is 2. The molecule has 4 N–H and O–H groups in total. The molecule has 0 bridgehead atoms. The molecule has 0 fully saturated rings. The van der Waals surface area contributed by atoms with E-state index in [2.05, 4.69) is 10.6 Å². The Morgan fingerprint density at radius 1 is 1.35 bits per heavy atom. The van der Waals surface area contributed by atoms with Gasteiger partial charge in [-0.15, -0.1) is 0 Å². The number of primary amides is 1. The van der Waals surface area contributed by atoms with E-state index in [1.54, 1.807) is 13.8 Å². The summed E-state index contributed by atoms with van der Waals surface area (Å²) in [7, 11) is 0. The van der Waals surface area contributed by atoms with Crippen molar-refractivity contribution in [3.8, 4) is 0 Å². The molecule has 23 heavy (non-hydrogen) atoms. The third-order valence-corrected chi connectivity index (χ3v) is 3.66. The summed E-state index contributed by atoms with van der Waals surface area (Å²) in [6.45, 7) is 3.51. The monoisotopic (exact) mass is 351 g/mol. The Bertz CT molecular complexity index is 593. The van der Waals surface area contributed by atoms with Crippen molar-refractivity contribution in [3.63, 3.8) is 0 Å². The van der Waals surface area contributed by atoms with Crippen molar-refractivity contribution in [3.05, 3.63) is 28.8 Å². The Labute approximate surface area is 136 Å². The minimum absolute atomic E-state index is 0.0775. The van der Waals surface area contributed by atoms with E-state index in [-0.39, 0.29) is 11.6 Å². The summed E-state index contributed by atoms with van der Waals surface area (Å²) in [5.74, 6) is -0.912. The van der Waals surface area contributed by atoms with Crippen LogP contribution in [0.3, 0.4) is 0 Å². The maximum atomic E-state index is 12.8. The number of hydrogen-bond donors (Lipinski definition) is 3. The molecule has 128 valence electrons. The number of rotatable bonds is 5. The van der Waals surface area contributed by atoms with E-state index >= 15 is 0 Å². The number of halogens is 4. The van der Waals surface area contributed by atoms with Crippen LogP contribution in [0, 0.1) is 5.92 Å². The standard InChI is InChI=1S/C14H17ClF3N3O2/c1-3-7(2)11(21-13(19)23)12(22)20-8-4-5-10(15)9(6-8)14(16,17)18/h4-7,11H,3H2,1-2H3,(H,20,22)(H3,19,21,23)/t7-,11-/m0/s1. The Balaban J connectivity index is 3.01. The highest BCUT2D eigenvalue weighted by molar-refractivity contribution is 6.31. The number of alkyl halides is 3. The molecule has 0 aromatic heterocycles. The third-order valence-electron chi connectivity index (χ3n) is 3.33. The third kappa shape index (κ3) is 5.31. The van der Waals surface area contributed by atoms with Gasteiger partial charge in [0.2, 0.25) is 5.91 Å². The summed E-state index contributed by atoms with van der Waals surface area (Å²) < 4.78 is 38.4. The molecular weight excluding hydrogens is 335 g/mol. The predicted octanol–water partition coefficient (Wildman–Crippen LogP) is 3.38. The average Bonchev–Trinajstić information content (AvgIpc) is 2.44. The van der Waals surface area contributed by atoms with Gasteiger partial charge >= 0.3 is 12.2 Å². The SMILES string of the molecule is CC[C@H](C)[C@H](NC(N)=O)C(=O)Nc1ccc(Cl)c(C(F)(F)F)c1. The van der Waals surface area contributed by atoms with Crippen LogP contribution < -0.4 is 16.4 Å². The number of nitrogens with one attached hydrogen (secondary N) is 2. The van der Waals surface area contributed by atoms with Gasteiger partial charge in [0, 0.05) is 5.69 Å². The zero-order chi connectivity index (χ0) is 17.8. The van der Waals surface area contributed by atoms with Gasteiger partial charge in [-0.1, -0.05) is 31.9 Å². The second kappa shape index (κ2) is 7.54. The lowest BCUT2D eigenvalue weighted by atomic mass is 9.98. The Morgan fingerprint density at radius 3 is 2.43 bits per heavy atom. The first-order valence-corrected chi connectivity index (χ1v) is 7.17. The van der Waals surface area contributed by atoms with Crippen LogP contribution in [-0.2, 0) is 11.0 Å². The normalized spacial score (nSPS) is 14.0. The molecule has 9 heteroatoms. The summed E-state index contributed by atoms with van der Waals surface area (Å²) in [5, 5.41) is 4.15. The van der Waals surface area contributed by atoms with Crippen molar-refractivity contribution in [2.24, 2.45) is 11.7 Å².